The molecule has 9 heteroatoms. The number of amides is 1. The van der Waals surface area contributed by atoms with E-state index in [1.807, 2.05) is 24.3 Å². The molecule has 0 spiro atoms. The van der Waals surface area contributed by atoms with Crippen LogP contribution in [0.2, 0.25) is 5.02 Å². The Morgan fingerprint density at radius 3 is 2.67 bits per heavy atom. The highest BCUT2D eigenvalue weighted by Crippen LogP contribution is 2.32. The van der Waals surface area contributed by atoms with E-state index in [0.717, 1.165) is 10.9 Å². The number of aromatic nitrogens is 1. The largest absolute Gasteiger partial charge is 0.495 e. The van der Waals surface area contributed by atoms with Crippen LogP contribution in [-0.4, -0.2) is 23.1 Å². The summed E-state index contributed by atoms with van der Waals surface area (Å²) < 4.78 is 16.6. The molecule has 5 rings (SSSR count). The van der Waals surface area contributed by atoms with Crippen LogP contribution in [0.1, 0.15) is 10.6 Å². The van der Waals surface area contributed by atoms with Crippen LogP contribution in [0, 0.1) is 0 Å². The third-order valence-electron chi connectivity index (χ3n) is 4.92. The molecule has 0 radical (unpaired) electrons. The van der Waals surface area contributed by atoms with E-state index < -0.39 is 5.91 Å². The van der Waals surface area contributed by atoms with Gasteiger partial charge in [0, 0.05) is 16.6 Å². The first-order valence-electron chi connectivity index (χ1n) is 9.85. The Morgan fingerprint density at radius 2 is 1.88 bits per heavy atom. The van der Waals surface area contributed by atoms with Crippen LogP contribution in [0.25, 0.3) is 33.5 Å². The lowest BCUT2D eigenvalue weighted by molar-refractivity contribution is 0.0953. The van der Waals surface area contributed by atoms with Gasteiger partial charge in [-0.15, -0.1) is 0 Å². The van der Waals surface area contributed by atoms with Crippen LogP contribution in [-0.2, 0) is 0 Å². The number of nitrogens with one attached hydrogen (secondary N) is 2. The highest BCUT2D eigenvalue weighted by atomic mass is 35.5. The normalized spacial score (nSPS) is 11.0. The number of carbonyl (C=O) groups is 1. The molecule has 0 aliphatic rings. The molecule has 0 atom stereocenters. The SMILES string of the molecule is COc1ccc(-c2nc3cc(NC(=S)NC(=O)c4cc5ccccc5o4)ccc3o2)cc1Cl. The first-order chi connectivity index (χ1) is 16.0. The van der Waals surface area contributed by atoms with Gasteiger partial charge < -0.3 is 18.9 Å². The number of hydrogen-bond acceptors (Lipinski definition) is 6. The average molecular weight is 478 g/mol. The van der Waals surface area contributed by atoms with Crippen molar-refractivity contribution < 1.29 is 18.4 Å². The number of fused-ring (bicyclic) bond motifs is 2. The van der Waals surface area contributed by atoms with Crippen molar-refractivity contribution in [2.75, 3.05) is 12.4 Å². The molecular weight excluding hydrogens is 462 g/mol. The first kappa shape index (κ1) is 21.0. The van der Waals surface area contributed by atoms with E-state index in [2.05, 4.69) is 15.6 Å². The molecule has 7 nitrogen and oxygen atoms in total. The van der Waals surface area contributed by atoms with Gasteiger partial charge in [0.1, 0.15) is 16.8 Å². The molecule has 0 aliphatic heterocycles. The number of rotatable bonds is 4. The molecule has 0 fully saturated rings. The number of ether oxygens (including phenoxy) is 1. The molecule has 3 aromatic carbocycles. The topological polar surface area (TPSA) is 89.5 Å². The number of anilines is 1. The number of halogens is 1. The summed E-state index contributed by atoms with van der Waals surface area (Å²) in [5.74, 6) is 0.730. The predicted octanol–water partition coefficient (Wildman–Crippen LogP) is 6.03. The van der Waals surface area contributed by atoms with Gasteiger partial charge in [0.15, 0.2) is 16.5 Å². The monoisotopic (exact) mass is 477 g/mol. The van der Waals surface area contributed by atoms with Crippen LogP contribution in [0.3, 0.4) is 0 Å². The van der Waals surface area contributed by atoms with E-state index >= 15 is 0 Å². The minimum absolute atomic E-state index is 0.130. The zero-order chi connectivity index (χ0) is 22.9. The smallest absolute Gasteiger partial charge is 0.293 e. The van der Waals surface area contributed by atoms with E-state index in [1.54, 1.807) is 49.6 Å². The number of oxazole rings is 1. The number of para-hydroxylation sites is 1. The fourth-order valence-corrected chi connectivity index (χ4v) is 3.82. The van der Waals surface area contributed by atoms with Crippen molar-refractivity contribution in [2.24, 2.45) is 0 Å². The fourth-order valence-electron chi connectivity index (χ4n) is 3.35. The highest BCUT2D eigenvalue weighted by molar-refractivity contribution is 7.80. The van der Waals surface area contributed by atoms with E-state index in [4.69, 9.17) is 37.4 Å². The van der Waals surface area contributed by atoms with Gasteiger partial charge in [0.05, 0.1) is 12.1 Å². The standard InChI is InChI=1S/C24H16ClN3O4S/c1-30-19-8-6-14(10-16(19)25)23-27-17-12-15(7-9-20(17)32-23)26-24(33)28-22(29)21-11-13-4-2-3-5-18(13)31-21/h2-12H,1H3,(H2,26,28,29,33). The lowest BCUT2D eigenvalue weighted by Gasteiger charge is -2.08. The Hall–Kier alpha value is -3.88. The van der Waals surface area contributed by atoms with Crippen molar-refractivity contribution in [3.8, 4) is 17.2 Å². The van der Waals surface area contributed by atoms with Gasteiger partial charge >= 0.3 is 0 Å². The molecule has 0 saturated heterocycles. The Kier molecular flexibility index (Phi) is 5.45. The van der Waals surface area contributed by atoms with Gasteiger partial charge in [-0.2, -0.15) is 0 Å². The second-order valence-corrected chi connectivity index (χ2v) is 7.92. The number of methoxy groups -OCH3 is 1. The highest BCUT2D eigenvalue weighted by Gasteiger charge is 2.15. The summed E-state index contributed by atoms with van der Waals surface area (Å²) in [7, 11) is 1.55. The summed E-state index contributed by atoms with van der Waals surface area (Å²) in [5, 5.41) is 7.03. The van der Waals surface area contributed by atoms with Gasteiger partial charge in [0.2, 0.25) is 5.89 Å². The fraction of sp³-hybridized carbons (Fsp3) is 0.0417. The maximum absolute atomic E-state index is 12.5. The van der Waals surface area contributed by atoms with Crippen LogP contribution in [0.4, 0.5) is 5.69 Å². The molecular formula is C24H16ClN3O4S. The number of thiocarbonyl (C=S) groups is 1. The number of furan rings is 1. The van der Waals surface area contributed by atoms with Crippen molar-refractivity contribution >= 4 is 62.6 Å². The third-order valence-corrected chi connectivity index (χ3v) is 5.42. The molecule has 2 aromatic heterocycles. The van der Waals surface area contributed by atoms with Crippen LogP contribution in [0.15, 0.2) is 75.6 Å². The van der Waals surface area contributed by atoms with Crippen LogP contribution >= 0.6 is 23.8 Å². The first-order valence-corrected chi connectivity index (χ1v) is 10.6. The van der Waals surface area contributed by atoms with Crippen LogP contribution in [0.5, 0.6) is 5.75 Å². The Bertz CT molecular complexity index is 1490. The summed E-state index contributed by atoms with van der Waals surface area (Å²) >= 11 is 11.5. The number of nitrogens with zero attached hydrogens (tertiary/aromatic N) is 1. The molecule has 0 bridgehead atoms. The van der Waals surface area contributed by atoms with Gasteiger partial charge in [-0.05, 0) is 60.7 Å². The molecule has 2 N–H and O–H groups in total. The summed E-state index contributed by atoms with van der Waals surface area (Å²) in [4.78, 5) is 17.0. The number of benzene rings is 3. The van der Waals surface area contributed by atoms with Gasteiger partial charge in [-0.1, -0.05) is 29.8 Å². The molecule has 0 saturated carbocycles. The second kappa shape index (κ2) is 8.57. The van der Waals surface area contributed by atoms with Crippen LogP contribution < -0.4 is 15.4 Å². The molecule has 33 heavy (non-hydrogen) atoms. The third kappa shape index (κ3) is 4.26. The Labute approximate surface area is 198 Å². The molecule has 0 aliphatic carbocycles. The van der Waals surface area contributed by atoms with Crippen molar-refractivity contribution in [2.45, 2.75) is 0 Å². The minimum atomic E-state index is -0.440. The molecule has 164 valence electrons. The van der Waals surface area contributed by atoms with E-state index in [9.17, 15) is 4.79 Å². The van der Waals surface area contributed by atoms with E-state index in [0.29, 0.717) is 39.0 Å². The van der Waals surface area contributed by atoms with Crippen molar-refractivity contribution in [1.82, 2.24) is 10.3 Å². The Morgan fingerprint density at radius 1 is 1.03 bits per heavy atom. The predicted molar refractivity (Wildman–Crippen MR) is 131 cm³/mol. The summed E-state index contributed by atoms with van der Waals surface area (Å²) in [6, 6.07) is 19.7. The molecule has 1 amide bonds. The number of hydrogen-bond donors (Lipinski definition) is 2. The summed E-state index contributed by atoms with van der Waals surface area (Å²) in [6.45, 7) is 0. The van der Waals surface area contributed by atoms with Crippen molar-refractivity contribution in [3.63, 3.8) is 0 Å². The van der Waals surface area contributed by atoms with Gasteiger partial charge in [-0.25, -0.2) is 4.98 Å². The summed E-state index contributed by atoms with van der Waals surface area (Å²) in [6.07, 6.45) is 0. The van der Waals surface area contributed by atoms with Crippen molar-refractivity contribution in [3.05, 3.63) is 77.5 Å². The lowest BCUT2D eigenvalue weighted by Crippen LogP contribution is -2.33. The summed E-state index contributed by atoms with van der Waals surface area (Å²) in [5.41, 5.74) is 3.21. The quantitative estimate of drug-likeness (QED) is 0.305. The molecule has 5 aromatic rings. The average Bonchev–Trinajstić information content (AvgIpc) is 3.43. The van der Waals surface area contributed by atoms with Gasteiger partial charge in [-0.3, -0.25) is 10.1 Å². The zero-order valence-corrected chi connectivity index (χ0v) is 18.8. The van der Waals surface area contributed by atoms with E-state index in [1.165, 1.54) is 0 Å². The second-order valence-electron chi connectivity index (χ2n) is 7.11. The number of carbonyl (C=O) groups excluding carboxylic acids is 1. The van der Waals surface area contributed by atoms with E-state index in [-0.39, 0.29) is 10.9 Å². The molecule has 0 unspecified atom stereocenters. The Balaban J connectivity index is 1.31. The minimum Gasteiger partial charge on any atom is -0.495 e. The zero-order valence-electron chi connectivity index (χ0n) is 17.2. The lowest BCUT2D eigenvalue weighted by atomic mass is 10.2. The van der Waals surface area contributed by atoms with Gasteiger partial charge in [0.25, 0.3) is 5.91 Å². The van der Waals surface area contributed by atoms with Crippen molar-refractivity contribution in [1.29, 1.82) is 0 Å². The molecule has 2 heterocycles. The maximum atomic E-state index is 12.5. The maximum Gasteiger partial charge on any atom is 0.293 e.